The molecular formula is C33H25F2N3O2. The minimum absolute atomic E-state index is 0.0965. The van der Waals surface area contributed by atoms with Gasteiger partial charge in [-0.1, -0.05) is 54.6 Å². The normalized spacial score (nSPS) is 20.1. The molecule has 5 nitrogen and oxygen atoms in total. The number of benzene rings is 2. The molecule has 1 amide bonds. The Morgan fingerprint density at radius 1 is 1.05 bits per heavy atom. The third-order valence-electron chi connectivity index (χ3n) is 7.99. The number of hydrogen-bond acceptors (Lipinski definition) is 4. The lowest BCUT2D eigenvalue weighted by Gasteiger charge is -2.29. The van der Waals surface area contributed by atoms with Crippen molar-refractivity contribution in [1.29, 1.82) is 0 Å². The molecule has 0 aliphatic heterocycles. The largest absolute Gasteiger partial charge is 0.352 e. The first-order valence-electron chi connectivity index (χ1n) is 13.4. The van der Waals surface area contributed by atoms with E-state index >= 15 is 0 Å². The van der Waals surface area contributed by atoms with Crippen LogP contribution in [0, 0.1) is 5.92 Å². The molecule has 1 unspecified atom stereocenters. The fourth-order valence-electron chi connectivity index (χ4n) is 5.83. The Balaban J connectivity index is 1.30. The molecule has 198 valence electrons. The van der Waals surface area contributed by atoms with Gasteiger partial charge in [-0.25, -0.2) is 13.8 Å². The summed E-state index contributed by atoms with van der Waals surface area (Å²) in [6.07, 6.45) is 11.7. The van der Waals surface area contributed by atoms with Gasteiger partial charge in [0.15, 0.2) is 0 Å². The topological polar surface area (TPSA) is 71.1 Å². The Kier molecular flexibility index (Phi) is 5.63. The number of amides is 1. The van der Waals surface area contributed by atoms with Crippen molar-refractivity contribution in [3.05, 3.63) is 124 Å². The Bertz CT molecular complexity index is 1720. The quantitative estimate of drug-likeness (QED) is 0.380. The van der Waals surface area contributed by atoms with Gasteiger partial charge in [0.05, 0.1) is 5.70 Å². The molecule has 0 bridgehead atoms. The van der Waals surface area contributed by atoms with Gasteiger partial charge < -0.3 is 10.6 Å². The maximum Gasteiger partial charge on any atom is 0.260 e. The number of pyridine rings is 1. The fraction of sp³-hybridized carbons (Fsp3) is 0.182. The Morgan fingerprint density at radius 2 is 1.88 bits per heavy atom. The SMILES string of the molecule is O=C1C(Nc2ccccc2)=C(c2ccnc(NC(=O)C3CC3(F)F)c2)Cc2ccc3c(c21)CC=C1CC=CC=C13. The number of alkyl halides is 2. The van der Waals surface area contributed by atoms with Crippen LogP contribution in [-0.4, -0.2) is 22.6 Å². The highest BCUT2D eigenvalue weighted by Crippen LogP contribution is 2.49. The van der Waals surface area contributed by atoms with Crippen LogP contribution in [0.2, 0.25) is 0 Å². The van der Waals surface area contributed by atoms with Crippen LogP contribution in [0.4, 0.5) is 20.3 Å². The van der Waals surface area contributed by atoms with Crippen LogP contribution >= 0.6 is 0 Å². The molecule has 40 heavy (non-hydrogen) atoms. The molecule has 4 aliphatic rings. The zero-order valence-corrected chi connectivity index (χ0v) is 21.5. The summed E-state index contributed by atoms with van der Waals surface area (Å²) in [7, 11) is 0. The molecule has 0 saturated heterocycles. The molecule has 1 saturated carbocycles. The van der Waals surface area contributed by atoms with Gasteiger partial charge in [0.25, 0.3) is 5.92 Å². The lowest BCUT2D eigenvalue weighted by molar-refractivity contribution is -0.119. The number of allylic oxidation sites excluding steroid dienone is 8. The van der Waals surface area contributed by atoms with Gasteiger partial charge in [-0.15, -0.1) is 0 Å². The van der Waals surface area contributed by atoms with Gasteiger partial charge in [-0.3, -0.25) is 9.59 Å². The number of para-hydroxylation sites is 1. The minimum atomic E-state index is -2.96. The van der Waals surface area contributed by atoms with Gasteiger partial charge in [-0.2, -0.15) is 0 Å². The third kappa shape index (κ3) is 4.18. The molecule has 1 aromatic heterocycles. The van der Waals surface area contributed by atoms with Crippen LogP contribution in [0.25, 0.3) is 11.1 Å². The number of aromatic nitrogens is 1. The fourth-order valence-corrected chi connectivity index (χ4v) is 5.83. The lowest BCUT2D eigenvalue weighted by Crippen LogP contribution is -2.24. The Hall–Kier alpha value is -4.65. The number of halogens is 2. The molecule has 2 N–H and O–H groups in total. The second kappa shape index (κ2) is 9.23. The number of anilines is 2. The van der Waals surface area contributed by atoms with E-state index in [1.165, 1.54) is 17.3 Å². The second-order valence-corrected chi connectivity index (χ2v) is 10.6. The molecule has 7 rings (SSSR count). The number of Topliss-reactive ketones (excluding diaryl/α,β-unsaturated/α-hetero) is 1. The number of hydrogen-bond donors (Lipinski definition) is 2. The predicted octanol–water partition coefficient (Wildman–Crippen LogP) is 6.76. The second-order valence-electron chi connectivity index (χ2n) is 10.6. The molecule has 2 aromatic carbocycles. The molecule has 7 heteroatoms. The molecule has 1 heterocycles. The number of carbonyl (C=O) groups excluding carboxylic acids is 2. The van der Waals surface area contributed by atoms with Crippen molar-refractivity contribution < 1.29 is 18.4 Å². The zero-order valence-electron chi connectivity index (χ0n) is 21.5. The van der Waals surface area contributed by atoms with E-state index in [-0.39, 0.29) is 11.6 Å². The minimum Gasteiger partial charge on any atom is -0.352 e. The summed E-state index contributed by atoms with van der Waals surface area (Å²) in [5, 5.41) is 5.89. The molecule has 3 aromatic rings. The van der Waals surface area contributed by atoms with Crippen molar-refractivity contribution in [2.24, 2.45) is 5.92 Å². The molecule has 4 aliphatic carbocycles. The first-order valence-corrected chi connectivity index (χ1v) is 13.4. The van der Waals surface area contributed by atoms with Crippen molar-refractivity contribution in [3.8, 4) is 0 Å². The number of fused-ring (bicyclic) bond motifs is 5. The monoisotopic (exact) mass is 533 g/mol. The smallest absolute Gasteiger partial charge is 0.260 e. The molecule has 1 atom stereocenters. The number of carbonyl (C=O) groups is 2. The Morgan fingerprint density at radius 3 is 2.67 bits per heavy atom. The van der Waals surface area contributed by atoms with Crippen LogP contribution < -0.4 is 10.6 Å². The van der Waals surface area contributed by atoms with Crippen molar-refractivity contribution in [3.63, 3.8) is 0 Å². The highest BCUT2D eigenvalue weighted by atomic mass is 19.3. The maximum absolute atomic E-state index is 14.3. The average Bonchev–Trinajstić information content (AvgIpc) is 3.62. The van der Waals surface area contributed by atoms with Crippen LogP contribution in [0.15, 0.2) is 96.4 Å². The van der Waals surface area contributed by atoms with Crippen LogP contribution in [0.3, 0.4) is 0 Å². The number of rotatable bonds is 5. The van der Waals surface area contributed by atoms with Gasteiger partial charge in [0.2, 0.25) is 11.7 Å². The van der Waals surface area contributed by atoms with E-state index in [4.69, 9.17) is 0 Å². The summed E-state index contributed by atoms with van der Waals surface area (Å²) in [5.74, 6) is -4.96. The summed E-state index contributed by atoms with van der Waals surface area (Å²) < 4.78 is 26.9. The van der Waals surface area contributed by atoms with Crippen LogP contribution in [-0.2, 0) is 17.6 Å². The van der Waals surface area contributed by atoms with Crippen LogP contribution in [0.5, 0.6) is 0 Å². The van der Waals surface area contributed by atoms with E-state index in [0.717, 1.165) is 39.9 Å². The first kappa shape index (κ1) is 24.4. The van der Waals surface area contributed by atoms with E-state index in [9.17, 15) is 18.4 Å². The lowest BCUT2D eigenvalue weighted by atomic mass is 9.76. The van der Waals surface area contributed by atoms with Crippen molar-refractivity contribution >= 4 is 34.3 Å². The van der Waals surface area contributed by atoms with E-state index in [1.54, 1.807) is 12.1 Å². The summed E-state index contributed by atoms with van der Waals surface area (Å²) in [6, 6.07) is 17.1. The standard InChI is InChI=1S/C33H25F2N3O2/c34-33(35)18-27(33)32(40)38-28-17-20(14-15-36-28)26-16-21-11-12-24-23-9-5-4-6-19(23)10-13-25(24)29(21)31(39)30(26)37-22-7-2-1-3-8-22/h1-5,7-12,14-15,17,27,37H,6,13,16,18H2,(H,36,38,40). The summed E-state index contributed by atoms with van der Waals surface area (Å²) in [4.78, 5) is 30.8. The van der Waals surface area contributed by atoms with Crippen molar-refractivity contribution in [2.45, 2.75) is 31.6 Å². The number of nitrogens with zero attached hydrogens (tertiary/aromatic N) is 1. The van der Waals surface area contributed by atoms with Crippen LogP contribution in [0.1, 0.15) is 45.5 Å². The molecule has 0 radical (unpaired) electrons. The van der Waals surface area contributed by atoms with Crippen molar-refractivity contribution in [1.82, 2.24) is 4.98 Å². The van der Waals surface area contributed by atoms with E-state index < -0.39 is 24.2 Å². The zero-order chi connectivity index (χ0) is 27.4. The highest BCUT2D eigenvalue weighted by Gasteiger charge is 2.61. The molecular weight excluding hydrogens is 508 g/mol. The van der Waals surface area contributed by atoms with E-state index in [2.05, 4.69) is 46.0 Å². The van der Waals surface area contributed by atoms with E-state index in [1.807, 2.05) is 36.4 Å². The van der Waals surface area contributed by atoms with Crippen molar-refractivity contribution in [2.75, 3.05) is 10.6 Å². The third-order valence-corrected chi connectivity index (χ3v) is 7.99. The van der Waals surface area contributed by atoms with Gasteiger partial charge in [0, 0.05) is 30.3 Å². The summed E-state index contributed by atoms with van der Waals surface area (Å²) in [6.45, 7) is 0. The molecule has 1 fully saturated rings. The van der Waals surface area contributed by atoms with E-state index in [0.29, 0.717) is 24.1 Å². The van der Waals surface area contributed by atoms with Gasteiger partial charge in [0.1, 0.15) is 11.7 Å². The molecule has 0 spiro atoms. The number of ketones is 1. The van der Waals surface area contributed by atoms with Gasteiger partial charge in [-0.05, 0) is 76.1 Å². The highest BCUT2D eigenvalue weighted by molar-refractivity contribution is 6.19. The predicted molar refractivity (Wildman–Crippen MR) is 151 cm³/mol. The summed E-state index contributed by atoms with van der Waals surface area (Å²) in [5.41, 5.74) is 8.91. The first-order chi connectivity index (χ1) is 19.4. The Labute approximate surface area is 230 Å². The maximum atomic E-state index is 14.3. The average molecular weight is 534 g/mol. The summed E-state index contributed by atoms with van der Waals surface area (Å²) >= 11 is 0. The number of nitrogens with one attached hydrogen (secondary N) is 2. The van der Waals surface area contributed by atoms with Gasteiger partial charge >= 0.3 is 0 Å².